The molecule has 0 spiro atoms. The molecule has 4 rings (SSSR count). The van der Waals surface area contributed by atoms with Gasteiger partial charge in [-0.05, 0) is 60.4 Å². The Morgan fingerprint density at radius 2 is 2.06 bits per heavy atom. The molecule has 1 aromatic heterocycles. The molecule has 0 unspecified atom stereocenters. The highest BCUT2D eigenvalue weighted by atomic mass is 35.5. The Morgan fingerprint density at radius 1 is 1.25 bits per heavy atom. The molecule has 1 heterocycles. The molecule has 6 nitrogen and oxygen atoms in total. The molecule has 3 aromatic rings. The monoisotopic (exact) mass is 448 g/mol. The Labute approximate surface area is 189 Å². The number of hydrogen-bond donors (Lipinski definition) is 1. The molecule has 2 amide bonds. The van der Waals surface area contributed by atoms with Gasteiger partial charge in [-0.25, -0.2) is 4.39 Å². The lowest BCUT2D eigenvalue weighted by Crippen LogP contribution is -2.43. The minimum Gasteiger partial charge on any atom is -0.368 e. The maximum Gasteiger partial charge on any atom is 0.255 e. The van der Waals surface area contributed by atoms with Crippen LogP contribution in [0.1, 0.15) is 51.1 Å². The standard InChI is InChI=1S/C24H18ClFN4O2/c25-17-10-19-18(20(26)11-17)6-7-21(19)30(22(23(28)31)16-5-2-8-29-13-16)24(32)15-4-1-3-14(9-15)12-27/h1-5,8-11,13,21-22H,6-7H2,(H2,28,31)/t21-,22-/m1/s1. The third kappa shape index (κ3) is 3.93. The van der Waals surface area contributed by atoms with Crippen molar-refractivity contribution >= 4 is 23.4 Å². The summed E-state index contributed by atoms with van der Waals surface area (Å²) in [5.41, 5.74) is 7.72. The van der Waals surface area contributed by atoms with E-state index in [1.807, 2.05) is 6.07 Å². The van der Waals surface area contributed by atoms with Crippen LogP contribution in [0.4, 0.5) is 4.39 Å². The molecule has 1 aliphatic carbocycles. The minimum atomic E-state index is -1.15. The number of halogens is 2. The van der Waals surface area contributed by atoms with E-state index in [4.69, 9.17) is 17.3 Å². The summed E-state index contributed by atoms with van der Waals surface area (Å²) in [5, 5.41) is 9.45. The summed E-state index contributed by atoms with van der Waals surface area (Å²) in [6.45, 7) is 0. The average molecular weight is 449 g/mol. The second-order valence-corrected chi connectivity index (χ2v) is 7.94. The highest BCUT2D eigenvalue weighted by Gasteiger charge is 2.40. The molecule has 160 valence electrons. The first-order valence-electron chi connectivity index (χ1n) is 9.90. The Kier molecular flexibility index (Phi) is 5.89. The first-order valence-corrected chi connectivity index (χ1v) is 10.3. The molecule has 0 bridgehead atoms. The molecule has 2 aromatic carbocycles. The number of amides is 2. The molecule has 2 atom stereocenters. The van der Waals surface area contributed by atoms with Gasteiger partial charge in [-0.1, -0.05) is 23.7 Å². The van der Waals surface area contributed by atoms with Crippen molar-refractivity contribution in [2.45, 2.75) is 24.9 Å². The number of nitrogens with two attached hydrogens (primary N) is 1. The highest BCUT2D eigenvalue weighted by molar-refractivity contribution is 6.30. The van der Waals surface area contributed by atoms with Crippen LogP contribution in [0.2, 0.25) is 5.02 Å². The van der Waals surface area contributed by atoms with Gasteiger partial charge < -0.3 is 10.6 Å². The van der Waals surface area contributed by atoms with Gasteiger partial charge in [0.2, 0.25) is 5.91 Å². The molecular formula is C24H18ClFN4O2. The number of aromatic nitrogens is 1. The van der Waals surface area contributed by atoms with Crippen molar-refractivity contribution in [2.24, 2.45) is 5.73 Å². The SMILES string of the molecule is N#Cc1cccc(C(=O)N([C@@H]2CCc3c(F)cc(Cl)cc32)[C@@H](C(N)=O)c2cccnc2)c1. The van der Waals surface area contributed by atoms with Crippen molar-refractivity contribution < 1.29 is 14.0 Å². The lowest BCUT2D eigenvalue weighted by Gasteiger charge is -2.35. The lowest BCUT2D eigenvalue weighted by atomic mass is 9.98. The van der Waals surface area contributed by atoms with Crippen LogP contribution in [-0.2, 0) is 11.2 Å². The maximum absolute atomic E-state index is 14.6. The van der Waals surface area contributed by atoms with Gasteiger partial charge in [0.05, 0.1) is 17.7 Å². The second-order valence-electron chi connectivity index (χ2n) is 7.51. The third-order valence-corrected chi connectivity index (χ3v) is 5.80. The molecule has 32 heavy (non-hydrogen) atoms. The molecular weight excluding hydrogens is 431 g/mol. The van der Waals surface area contributed by atoms with Crippen LogP contribution in [-0.4, -0.2) is 21.7 Å². The predicted octanol–water partition coefficient (Wildman–Crippen LogP) is 4.10. The van der Waals surface area contributed by atoms with Crippen molar-refractivity contribution in [3.8, 4) is 6.07 Å². The topological polar surface area (TPSA) is 100 Å². The van der Waals surface area contributed by atoms with Crippen molar-refractivity contribution in [3.05, 3.63) is 99.6 Å². The van der Waals surface area contributed by atoms with E-state index in [0.717, 1.165) is 0 Å². The summed E-state index contributed by atoms with van der Waals surface area (Å²) in [6.07, 6.45) is 3.78. The first-order chi connectivity index (χ1) is 15.4. The van der Waals surface area contributed by atoms with Gasteiger partial charge in [0.1, 0.15) is 11.9 Å². The van der Waals surface area contributed by atoms with Gasteiger partial charge in [0, 0.05) is 28.5 Å². The van der Waals surface area contributed by atoms with E-state index in [1.165, 1.54) is 23.2 Å². The summed E-state index contributed by atoms with van der Waals surface area (Å²) in [5.74, 6) is -1.71. The third-order valence-electron chi connectivity index (χ3n) is 5.58. The number of carbonyl (C=O) groups is 2. The van der Waals surface area contributed by atoms with Gasteiger partial charge in [-0.2, -0.15) is 5.26 Å². The van der Waals surface area contributed by atoms with Gasteiger partial charge in [0.15, 0.2) is 0 Å². The highest BCUT2D eigenvalue weighted by Crippen LogP contribution is 2.43. The van der Waals surface area contributed by atoms with Gasteiger partial charge >= 0.3 is 0 Å². The number of hydrogen-bond acceptors (Lipinski definition) is 4. The Bertz CT molecular complexity index is 1240. The van der Waals surface area contributed by atoms with E-state index in [0.29, 0.717) is 35.1 Å². The fourth-order valence-electron chi connectivity index (χ4n) is 4.22. The zero-order valence-corrected chi connectivity index (χ0v) is 17.6. The fraction of sp³-hybridized carbons (Fsp3) is 0.167. The summed E-state index contributed by atoms with van der Waals surface area (Å²) in [7, 11) is 0. The number of pyridine rings is 1. The molecule has 2 N–H and O–H groups in total. The van der Waals surface area contributed by atoms with Crippen LogP contribution < -0.4 is 5.73 Å². The number of nitrogens with zero attached hydrogens (tertiary/aromatic N) is 3. The normalized spacial score (nSPS) is 15.5. The van der Waals surface area contributed by atoms with E-state index in [1.54, 1.807) is 42.6 Å². The smallest absolute Gasteiger partial charge is 0.255 e. The summed E-state index contributed by atoms with van der Waals surface area (Å²) in [4.78, 5) is 31.8. The van der Waals surface area contributed by atoms with Crippen LogP contribution in [0, 0.1) is 17.1 Å². The van der Waals surface area contributed by atoms with Crippen LogP contribution in [0.25, 0.3) is 0 Å². The predicted molar refractivity (Wildman–Crippen MR) is 116 cm³/mol. The minimum absolute atomic E-state index is 0.198. The number of nitriles is 1. The van der Waals surface area contributed by atoms with E-state index in [-0.39, 0.29) is 10.6 Å². The molecule has 1 aliphatic rings. The van der Waals surface area contributed by atoms with Crippen LogP contribution in [0.3, 0.4) is 0 Å². The van der Waals surface area contributed by atoms with Gasteiger partial charge in [-0.3, -0.25) is 14.6 Å². The number of benzene rings is 2. The zero-order valence-electron chi connectivity index (χ0n) is 16.8. The zero-order chi connectivity index (χ0) is 22.8. The molecule has 0 saturated carbocycles. The average Bonchev–Trinajstić information content (AvgIpc) is 3.21. The molecule has 0 saturated heterocycles. The van der Waals surface area contributed by atoms with Crippen LogP contribution in [0.15, 0.2) is 60.9 Å². The number of primary amides is 1. The van der Waals surface area contributed by atoms with Crippen LogP contribution >= 0.6 is 11.6 Å². The second kappa shape index (κ2) is 8.77. The van der Waals surface area contributed by atoms with Crippen molar-refractivity contribution in [2.75, 3.05) is 0 Å². The number of fused-ring (bicyclic) bond motifs is 1. The van der Waals surface area contributed by atoms with E-state index >= 15 is 0 Å². The van der Waals surface area contributed by atoms with Crippen molar-refractivity contribution in [1.82, 2.24) is 9.88 Å². The molecule has 0 aliphatic heterocycles. The summed E-state index contributed by atoms with van der Waals surface area (Å²) < 4.78 is 14.6. The van der Waals surface area contributed by atoms with E-state index in [2.05, 4.69) is 4.98 Å². The maximum atomic E-state index is 14.6. The molecule has 8 heteroatoms. The van der Waals surface area contributed by atoms with E-state index in [9.17, 15) is 19.2 Å². The quantitative estimate of drug-likeness (QED) is 0.634. The Morgan fingerprint density at radius 3 is 2.75 bits per heavy atom. The fourth-order valence-corrected chi connectivity index (χ4v) is 4.43. The summed E-state index contributed by atoms with van der Waals surface area (Å²) >= 11 is 6.11. The Hall–Kier alpha value is -3.76. The largest absolute Gasteiger partial charge is 0.368 e. The van der Waals surface area contributed by atoms with Gasteiger partial charge in [0.25, 0.3) is 5.91 Å². The van der Waals surface area contributed by atoms with Crippen molar-refractivity contribution in [3.63, 3.8) is 0 Å². The first kappa shape index (κ1) is 21.5. The van der Waals surface area contributed by atoms with E-state index < -0.39 is 29.7 Å². The number of rotatable bonds is 5. The Balaban J connectivity index is 1.89. The number of carbonyl (C=O) groups excluding carboxylic acids is 2. The van der Waals surface area contributed by atoms with Crippen LogP contribution in [0.5, 0.6) is 0 Å². The van der Waals surface area contributed by atoms with Gasteiger partial charge in [-0.15, -0.1) is 0 Å². The summed E-state index contributed by atoms with van der Waals surface area (Å²) in [6, 6.07) is 12.5. The van der Waals surface area contributed by atoms with Crippen molar-refractivity contribution in [1.29, 1.82) is 5.26 Å². The molecule has 0 fully saturated rings. The molecule has 0 radical (unpaired) electrons. The lowest BCUT2D eigenvalue weighted by molar-refractivity contribution is -0.123.